The van der Waals surface area contributed by atoms with Crippen molar-refractivity contribution < 1.29 is 4.74 Å². The second-order valence-electron chi connectivity index (χ2n) is 2.82. The quantitative estimate of drug-likeness (QED) is 0.558. The van der Waals surface area contributed by atoms with Crippen LogP contribution in [0.4, 0.5) is 0 Å². The fraction of sp³-hybridized carbons (Fsp3) is 0.400. The Bertz CT molecular complexity index is 201. The fourth-order valence-corrected chi connectivity index (χ4v) is 1.26. The highest BCUT2D eigenvalue weighted by atomic mass is 16.5. The van der Waals surface area contributed by atoms with Crippen LogP contribution in [0, 0.1) is 5.92 Å². The molecule has 0 aromatic rings. The van der Waals surface area contributed by atoms with Crippen LogP contribution in [0.3, 0.4) is 0 Å². The molecule has 1 fully saturated rings. The summed E-state index contributed by atoms with van der Waals surface area (Å²) in [5, 5.41) is 0. The zero-order valence-electron chi connectivity index (χ0n) is 6.97. The molecule has 1 rings (SSSR count). The van der Waals surface area contributed by atoms with Gasteiger partial charge in [0.05, 0.1) is 6.61 Å². The third-order valence-electron chi connectivity index (χ3n) is 1.98. The molecular weight excluding hydrogens is 136 g/mol. The molecular formula is C10H14O. The Morgan fingerprint density at radius 1 is 1.64 bits per heavy atom. The van der Waals surface area contributed by atoms with Crippen LogP contribution in [0.25, 0.3) is 0 Å². The smallest absolute Gasteiger partial charge is 0.115 e. The maximum Gasteiger partial charge on any atom is 0.115 e. The van der Waals surface area contributed by atoms with Crippen molar-refractivity contribution in [3.8, 4) is 0 Å². The molecule has 60 valence electrons. The van der Waals surface area contributed by atoms with E-state index >= 15 is 0 Å². The van der Waals surface area contributed by atoms with Crippen molar-refractivity contribution in [1.29, 1.82) is 0 Å². The van der Waals surface area contributed by atoms with Crippen LogP contribution >= 0.6 is 0 Å². The van der Waals surface area contributed by atoms with Crippen molar-refractivity contribution in [2.45, 2.75) is 13.3 Å². The normalized spacial score (nSPS) is 28.3. The third-order valence-corrected chi connectivity index (χ3v) is 1.98. The zero-order chi connectivity index (χ0) is 8.27. The SMILES string of the molecule is C=C/C=C1\C(=C)OCC[C@@H]1C. The Hall–Kier alpha value is -0.980. The molecule has 0 aromatic heterocycles. The molecule has 1 atom stereocenters. The minimum atomic E-state index is 0.564. The van der Waals surface area contributed by atoms with Crippen LogP contribution in [0.15, 0.2) is 36.6 Å². The predicted octanol–water partition coefficient (Wildman–Crippen LogP) is 2.67. The maximum absolute atomic E-state index is 5.30. The highest BCUT2D eigenvalue weighted by Gasteiger charge is 2.17. The van der Waals surface area contributed by atoms with Gasteiger partial charge in [0, 0.05) is 0 Å². The van der Waals surface area contributed by atoms with E-state index in [4.69, 9.17) is 4.74 Å². The average Bonchev–Trinajstić information content (AvgIpc) is 1.97. The van der Waals surface area contributed by atoms with E-state index in [1.807, 2.05) is 6.08 Å². The van der Waals surface area contributed by atoms with Gasteiger partial charge in [-0.15, -0.1) is 0 Å². The minimum absolute atomic E-state index is 0.564. The number of hydrogen-bond acceptors (Lipinski definition) is 1. The summed E-state index contributed by atoms with van der Waals surface area (Å²) >= 11 is 0. The number of hydrogen-bond donors (Lipinski definition) is 0. The number of rotatable bonds is 1. The van der Waals surface area contributed by atoms with E-state index in [2.05, 4.69) is 20.1 Å². The molecule has 0 amide bonds. The highest BCUT2D eigenvalue weighted by molar-refractivity contribution is 5.30. The molecule has 0 radical (unpaired) electrons. The van der Waals surface area contributed by atoms with E-state index in [9.17, 15) is 0 Å². The molecule has 0 aliphatic carbocycles. The molecule has 0 N–H and O–H groups in total. The molecule has 0 saturated carbocycles. The second-order valence-corrected chi connectivity index (χ2v) is 2.82. The van der Waals surface area contributed by atoms with Gasteiger partial charge in [-0.3, -0.25) is 0 Å². The van der Waals surface area contributed by atoms with Crippen molar-refractivity contribution in [1.82, 2.24) is 0 Å². The lowest BCUT2D eigenvalue weighted by Crippen LogP contribution is -2.14. The molecule has 0 bridgehead atoms. The van der Waals surface area contributed by atoms with Crippen molar-refractivity contribution in [3.63, 3.8) is 0 Å². The van der Waals surface area contributed by atoms with Crippen molar-refractivity contribution >= 4 is 0 Å². The first kappa shape index (κ1) is 8.12. The zero-order valence-corrected chi connectivity index (χ0v) is 6.97. The van der Waals surface area contributed by atoms with E-state index in [0.29, 0.717) is 5.92 Å². The Morgan fingerprint density at radius 2 is 2.36 bits per heavy atom. The first-order valence-corrected chi connectivity index (χ1v) is 3.90. The van der Waals surface area contributed by atoms with E-state index in [-0.39, 0.29) is 0 Å². The Kier molecular flexibility index (Phi) is 2.53. The van der Waals surface area contributed by atoms with Gasteiger partial charge >= 0.3 is 0 Å². The summed E-state index contributed by atoms with van der Waals surface area (Å²) in [4.78, 5) is 0. The molecule has 1 nitrogen and oxygen atoms in total. The van der Waals surface area contributed by atoms with Gasteiger partial charge in [-0.1, -0.05) is 32.2 Å². The second kappa shape index (κ2) is 3.42. The van der Waals surface area contributed by atoms with Gasteiger partial charge in [-0.05, 0) is 17.9 Å². The molecule has 1 saturated heterocycles. The number of ether oxygens (including phenoxy) is 1. The third kappa shape index (κ3) is 1.73. The summed E-state index contributed by atoms with van der Waals surface area (Å²) < 4.78 is 5.30. The minimum Gasteiger partial charge on any atom is -0.494 e. The van der Waals surface area contributed by atoms with Crippen LogP contribution in [-0.4, -0.2) is 6.61 Å². The summed E-state index contributed by atoms with van der Waals surface area (Å²) in [7, 11) is 0. The molecule has 11 heavy (non-hydrogen) atoms. The monoisotopic (exact) mass is 150 g/mol. The summed E-state index contributed by atoms with van der Waals surface area (Å²) in [6, 6.07) is 0. The Balaban J connectivity index is 2.78. The number of allylic oxidation sites excluding steroid dienone is 3. The highest BCUT2D eigenvalue weighted by Crippen LogP contribution is 2.27. The average molecular weight is 150 g/mol. The van der Waals surface area contributed by atoms with Crippen LogP contribution in [0.2, 0.25) is 0 Å². The molecule has 1 aliphatic rings. The molecule has 0 aromatic carbocycles. The van der Waals surface area contributed by atoms with Gasteiger partial charge in [0.15, 0.2) is 0 Å². The van der Waals surface area contributed by atoms with Gasteiger partial charge < -0.3 is 4.74 Å². The standard InChI is InChI=1S/C10H14O/c1-4-5-10-8(2)6-7-11-9(10)3/h4-5,8H,1,3,6-7H2,2H3/b10-5-/t8-/m0/s1. The predicted molar refractivity (Wildman–Crippen MR) is 47.2 cm³/mol. The van der Waals surface area contributed by atoms with E-state index in [0.717, 1.165) is 18.8 Å². The van der Waals surface area contributed by atoms with Crippen LogP contribution in [0.1, 0.15) is 13.3 Å². The first-order chi connectivity index (χ1) is 5.25. The molecule has 0 spiro atoms. The molecule has 1 aliphatic heterocycles. The molecule has 1 heteroatoms. The van der Waals surface area contributed by atoms with Crippen LogP contribution < -0.4 is 0 Å². The van der Waals surface area contributed by atoms with Crippen molar-refractivity contribution in [2.75, 3.05) is 6.61 Å². The molecule has 0 unspecified atom stereocenters. The summed E-state index contributed by atoms with van der Waals surface area (Å²) in [6.07, 6.45) is 4.84. The van der Waals surface area contributed by atoms with Crippen molar-refractivity contribution in [2.24, 2.45) is 5.92 Å². The van der Waals surface area contributed by atoms with Gasteiger partial charge in [0.25, 0.3) is 0 Å². The lowest BCUT2D eigenvalue weighted by molar-refractivity contribution is 0.174. The van der Waals surface area contributed by atoms with E-state index in [1.54, 1.807) is 6.08 Å². The van der Waals surface area contributed by atoms with Gasteiger partial charge in [-0.25, -0.2) is 0 Å². The Labute approximate surface area is 68.1 Å². The van der Waals surface area contributed by atoms with E-state index in [1.165, 1.54) is 5.57 Å². The summed E-state index contributed by atoms with van der Waals surface area (Å²) in [5.41, 5.74) is 1.19. The largest absolute Gasteiger partial charge is 0.494 e. The molecule has 1 heterocycles. The van der Waals surface area contributed by atoms with E-state index < -0.39 is 0 Å². The fourth-order valence-electron chi connectivity index (χ4n) is 1.26. The van der Waals surface area contributed by atoms with Gasteiger partial charge in [0.2, 0.25) is 0 Å². The van der Waals surface area contributed by atoms with Crippen LogP contribution in [0.5, 0.6) is 0 Å². The summed E-state index contributed by atoms with van der Waals surface area (Å²) in [5.74, 6) is 1.37. The van der Waals surface area contributed by atoms with Crippen LogP contribution in [-0.2, 0) is 4.74 Å². The van der Waals surface area contributed by atoms with Gasteiger partial charge in [0.1, 0.15) is 5.76 Å². The lowest BCUT2D eigenvalue weighted by atomic mass is 9.94. The van der Waals surface area contributed by atoms with Gasteiger partial charge in [-0.2, -0.15) is 0 Å². The van der Waals surface area contributed by atoms with Crippen molar-refractivity contribution in [3.05, 3.63) is 36.6 Å². The first-order valence-electron chi connectivity index (χ1n) is 3.90. The lowest BCUT2D eigenvalue weighted by Gasteiger charge is -2.24. The Morgan fingerprint density at radius 3 is 2.91 bits per heavy atom. The topological polar surface area (TPSA) is 9.23 Å². The summed E-state index contributed by atoms with van der Waals surface area (Å²) in [6.45, 7) is 10.5. The maximum atomic E-state index is 5.30.